The van der Waals surface area contributed by atoms with E-state index in [1.54, 1.807) is 43.8 Å². The number of aromatic nitrogens is 2. The van der Waals surface area contributed by atoms with Crippen LogP contribution in [0.25, 0.3) is 11.1 Å². The third-order valence-electron chi connectivity index (χ3n) is 4.49. The zero-order valence-corrected chi connectivity index (χ0v) is 16.6. The quantitative estimate of drug-likeness (QED) is 0.460. The van der Waals surface area contributed by atoms with Gasteiger partial charge in [0.15, 0.2) is 0 Å². The molecule has 0 aliphatic heterocycles. The van der Waals surface area contributed by atoms with Crippen molar-refractivity contribution >= 4 is 11.6 Å². The lowest BCUT2D eigenvalue weighted by molar-refractivity contribution is 0.102. The molecule has 0 atom stereocenters. The molecule has 0 unspecified atom stereocenters. The first kappa shape index (κ1) is 20.0. The number of anilines is 1. The zero-order valence-electron chi connectivity index (χ0n) is 16.6. The number of nitrogens with zero attached hydrogens (tertiary/aromatic N) is 2. The summed E-state index contributed by atoms with van der Waals surface area (Å²) < 4.78 is 23.7. The molecule has 31 heavy (non-hydrogen) atoms. The molecule has 0 spiro atoms. The van der Waals surface area contributed by atoms with Crippen LogP contribution in [-0.2, 0) is 0 Å². The van der Waals surface area contributed by atoms with E-state index in [1.807, 2.05) is 24.3 Å². The molecule has 6 nitrogen and oxygen atoms in total. The van der Waals surface area contributed by atoms with E-state index in [-0.39, 0.29) is 17.7 Å². The van der Waals surface area contributed by atoms with Crippen LogP contribution in [0.3, 0.4) is 0 Å². The molecule has 0 bridgehead atoms. The lowest BCUT2D eigenvalue weighted by Crippen LogP contribution is -2.12. The molecule has 1 aromatic heterocycles. The first-order chi connectivity index (χ1) is 15.1. The van der Waals surface area contributed by atoms with E-state index in [0.717, 1.165) is 11.1 Å². The van der Waals surface area contributed by atoms with Gasteiger partial charge >= 0.3 is 6.01 Å². The second-order valence-corrected chi connectivity index (χ2v) is 6.54. The smallest absolute Gasteiger partial charge is 0.321 e. The SMILES string of the molecule is COc1ccccc1NC(=O)c1ccc(-c2cnc(Oc3ccc(F)cc3)nc2)cc1. The summed E-state index contributed by atoms with van der Waals surface area (Å²) in [6.07, 6.45) is 3.24. The van der Waals surface area contributed by atoms with Crippen molar-refractivity contribution in [1.29, 1.82) is 0 Å². The fourth-order valence-corrected chi connectivity index (χ4v) is 2.88. The predicted molar refractivity (Wildman–Crippen MR) is 115 cm³/mol. The highest BCUT2D eigenvalue weighted by atomic mass is 19.1. The summed E-state index contributed by atoms with van der Waals surface area (Å²) in [6.45, 7) is 0. The predicted octanol–water partition coefficient (Wildman–Crippen LogP) is 5.34. The highest BCUT2D eigenvalue weighted by Gasteiger charge is 2.10. The van der Waals surface area contributed by atoms with Gasteiger partial charge in [-0.1, -0.05) is 24.3 Å². The molecule has 4 rings (SSSR count). The van der Waals surface area contributed by atoms with E-state index in [4.69, 9.17) is 9.47 Å². The van der Waals surface area contributed by atoms with E-state index in [0.29, 0.717) is 22.7 Å². The number of hydrogen-bond acceptors (Lipinski definition) is 5. The third-order valence-corrected chi connectivity index (χ3v) is 4.49. The number of amides is 1. The molecule has 4 aromatic rings. The van der Waals surface area contributed by atoms with Crippen molar-refractivity contribution in [2.75, 3.05) is 12.4 Å². The summed E-state index contributed by atoms with van der Waals surface area (Å²) in [6, 6.07) is 20.1. The number of hydrogen-bond donors (Lipinski definition) is 1. The molecule has 1 N–H and O–H groups in total. The van der Waals surface area contributed by atoms with Crippen molar-refractivity contribution in [2.45, 2.75) is 0 Å². The molecular formula is C24H18FN3O3. The Kier molecular flexibility index (Phi) is 5.84. The van der Waals surface area contributed by atoms with Gasteiger partial charge in [0.25, 0.3) is 5.91 Å². The fourth-order valence-electron chi connectivity index (χ4n) is 2.88. The second kappa shape index (κ2) is 9.04. The Balaban J connectivity index is 1.44. The van der Waals surface area contributed by atoms with Crippen molar-refractivity contribution in [3.05, 3.63) is 96.6 Å². The second-order valence-electron chi connectivity index (χ2n) is 6.54. The van der Waals surface area contributed by atoms with Crippen LogP contribution in [0.4, 0.5) is 10.1 Å². The Labute approximate surface area is 178 Å². The van der Waals surface area contributed by atoms with Gasteiger partial charge in [-0.2, -0.15) is 0 Å². The molecule has 0 aliphatic rings. The maximum Gasteiger partial charge on any atom is 0.321 e. The number of carbonyl (C=O) groups is 1. The highest BCUT2D eigenvalue weighted by Crippen LogP contribution is 2.25. The molecule has 1 amide bonds. The van der Waals surface area contributed by atoms with E-state index >= 15 is 0 Å². The summed E-state index contributed by atoms with van der Waals surface area (Å²) in [7, 11) is 1.55. The van der Waals surface area contributed by atoms with Crippen molar-refractivity contribution in [3.63, 3.8) is 0 Å². The standard InChI is InChI=1S/C24H18FN3O3/c1-30-22-5-3-2-4-21(22)28-23(29)17-8-6-16(7-9-17)18-14-26-24(27-15-18)31-20-12-10-19(25)11-13-20/h2-15H,1H3,(H,28,29). The molecule has 0 aliphatic carbocycles. The van der Waals surface area contributed by atoms with Crippen LogP contribution in [0, 0.1) is 5.82 Å². The highest BCUT2D eigenvalue weighted by molar-refractivity contribution is 6.05. The van der Waals surface area contributed by atoms with Gasteiger partial charge < -0.3 is 14.8 Å². The van der Waals surface area contributed by atoms with Crippen LogP contribution in [0.2, 0.25) is 0 Å². The number of para-hydroxylation sites is 2. The number of ether oxygens (including phenoxy) is 2. The number of carbonyl (C=O) groups excluding carboxylic acids is 1. The Morgan fingerprint density at radius 3 is 2.23 bits per heavy atom. The van der Waals surface area contributed by atoms with E-state index in [9.17, 15) is 9.18 Å². The molecule has 3 aromatic carbocycles. The topological polar surface area (TPSA) is 73.3 Å². The molecule has 0 fully saturated rings. The monoisotopic (exact) mass is 415 g/mol. The van der Waals surface area contributed by atoms with Gasteiger partial charge in [-0.25, -0.2) is 14.4 Å². The molecule has 7 heteroatoms. The van der Waals surface area contributed by atoms with Crippen LogP contribution in [0.1, 0.15) is 10.4 Å². The van der Waals surface area contributed by atoms with Crippen molar-refractivity contribution in [2.24, 2.45) is 0 Å². The summed E-state index contributed by atoms with van der Waals surface area (Å²) >= 11 is 0. The largest absolute Gasteiger partial charge is 0.495 e. The van der Waals surface area contributed by atoms with Crippen LogP contribution in [0.5, 0.6) is 17.5 Å². The minimum atomic E-state index is -0.344. The summed E-state index contributed by atoms with van der Waals surface area (Å²) in [4.78, 5) is 20.9. The average Bonchev–Trinajstić information content (AvgIpc) is 2.81. The van der Waals surface area contributed by atoms with Crippen molar-refractivity contribution in [3.8, 4) is 28.6 Å². The van der Waals surface area contributed by atoms with E-state index in [2.05, 4.69) is 15.3 Å². The first-order valence-electron chi connectivity index (χ1n) is 9.42. The molecule has 0 saturated heterocycles. The van der Waals surface area contributed by atoms with Gasteiger partial charge in [-0.3, -0.25) is 4.79 Å². The Morgan fingerprint density at radius 1 is 0.871 bits per heavy atom. The van der Waals surface area contributed by atoms with Gasteiger partial charge in [0, 0.05) is 23.5 Å². The number of nitrogens with one attached hydrogen (secondary N) is 1. The van der Waals surface area contributed by atoms with Gasteiger partial charge in [0.1, 0.15) is 17.3 Å². The number of methoxy groups -OCH3 is 1. The third kappa shape index (κ3) is 4.84. The fraction of sp³-hybridized carbons (Fsp3) is 0.0417. The van der Waals surface area contributed by atoms with E-state index < -0.39 is 0 Å². The van der Waals surface area contributed by atoms with Gasteiger partial charge in [0.05, 0.1) is 12.8 Å². The molecule has 1 heterocycles. The Morgan fingerprint density at radius 2 is 1.55 bits per heavy atom. The van der Waals surface area contributed by atoms with Crippen molar-refractivity contribution in [1.82, 2.24) is 9.97 Å². The summed E-state index contributed by atoms with van der Waals surface area (Å²) in [5, 5.41) is 2.84. The lowest BCUT2D eigenvalue weighted by Gasteiger charge is -2.10. The van der Waals surface area contributed by atoms with Crippen molar-refractivity contribution < 1.29 is 18.7 Å². The van der Waals surface area contributed by atoms with Gasteiger partial charge in [-0.05, 0) is 54.1 Å². The number of benzene rings is 3. The maximum atomic E-state index is 13.0. The zero-order chi connectivity index (χ0) is 21.6. The van der Waals surface area contributed by atoms with Crippen LogP contribution < -0.4 is 14.8 Å². The molecular weight excluding hydrogens is 397 g/mol. The average molecular weight is 415 g/mol. The molecule has 0 radical (unpaired) electrons. The molecule has 154 valence electrons. The van der Waals surface area contributed by atoms with Gasteiger partial charge in [-0.15, -0.1) is 0 Å². The first-order valence-corrected chi connectivity index (χ1v) is 9.42. The number of halogens is 1. The Hall–Kier alpha value is -4.26. The van der Waals surface area contributed by atoms with Crippen LogP contribution >= 0.6 is 0 Å². The minimum absolute atomic E-state index is 0.156. The lowest BCUT2D eigenvalue weighted by atomic mass is 10.1. The Bertz CT molecular complexity index is 1180. The minimum Gasteiger partial charge on any atom is -0.495 e. The van der Waals surface area contributed by atoms with Crippen LogP contribution in [-0.4, -0.2) is 23.0 Å². The number of rotatable bonds is 6. The van der Waals surface area contributed by atoms with E-state index in [1.165, 1.54) is 24.3 Å². The normalized spacial score (nSPS) is 10.4. The van der Waals surface area contributed by atoms with Gasteiger partial charge in [0.2, 0.25) is 0 Å². The summed E-state index contributed by atoms with van der Waals surface area (Å²) in [5.41, 5.74) is 2.72. The maximum absolute atomic E-state index is 13.0. The molecule has 0 saturated carbocycles. The van der Waals surface area contributed by atoms with Crippen LogP contribution in [0.15, 0.2) is 85.2 Å². The summed E-state index contributed by atoms with van der Waals surface area (Å²) in [5.74, 6) is 0.450.